The predicted octanol–water partition coefficient (Wildman–Crippen LogP) is 4.39. The van der Waals surface area contributed by atoms with E-state index in [1.807, 2.05) is 0 Å². The lowest BCUT2D eigenvalue weighted by molar-refractivity contribution is -0.117. The van der Waals surface area contributed by atoms with Crippen molar-refractivity contribution in [3.8, 4) is 0 Å². The molecule has 0 spiro atoms. The lowest BCUT2D eigenvalue weighted by Crippen LogP contribution is -2.34. The van der Waals surface area contributed by atoms with E-state index in [2.05, 4.69) is 17.6 Å². The molecule has 2 N–H and O–H groups in total. The highest BCUT2D eigenvalue weighted by atomic mass is 35.5. The molecule has 23 heavy (non-hydrogen) atoms. The summed E-state index contributed by atoms with van der Waals surface area (Å²) in [6, 6.07) is 6.60. The number of amides is 1. The molecular formula is C16H23ClF2N2OS. The molecule has 0 saturated carbocycles. The van der Waals surface area contributed by atoms with Gasteiger partial charge in [0.1, 0.15) is 0 Å². The van der Waals surface area contributed by atoms with Crippen LogP contribution in [0, 0.1) is 11.8 Å². The molecule has 1 fully saturated rings. The fourth-order valence-corrected chi connectivity index (χ4v) is 3.34. The van der Waals surface area contributed by atoms with Gasteiger partial charge >= 0.3 is 0 Å². The summed E-state index contributed by atoms with van der Waals surface area (Å²) < 4.78 is 24.7. The Morgan fingerprint density at radius 1 is 1.48 bits per heavy atom. The molecule has 0 radical (unpaired) electrons. The first-order valence-electron chi connectivity index (χ1n) is 7.60. The Bertz CT molecular complexity index is 499. The predicted molar refractivity (Wildman–Crippen MR) is 93.6 cm³/mol. The van der Waals surface area contributed by atoms with Gasteiger partial charge < -0.3 is 10.6 Å². The molecule has 0 bridgehead atoms. The Morgan fingerprint density at radius 2 is 2.26 bits per heavy atom. The van der Waals surface area contributed by atoms with Crippen molar-refractivity contribution in [1.29, 1.82) is 0 Å². The summed E-state index contributed by atoms with van der Waals surface area (Å²) in [5.74, 6) is -1.67. The third kappa shape index (κ3) is 7.06. The molecule has 1 aliphatic heterocycles. The molecule has 1 aromatic rings. The fraction of sp³-hybridized carbons (Fsp3) is 0.562. The summed E-state index contributed by atoms with van der Waals surface area (Å²) in [6.45, 7) is 4.12. The summed E-state index contributed by atoms with van der Waals surface area (Å²) in [5.41, 5.74) is 0.574. The Morgan fingerprint density at radius 3 is 2.91 bits per heavy atom. The number of piperidine rings is 1. The molecule has 2 rings (SSSR count). The Balaban J connectivity index is 0.00000264. The number of hydrogen-bond donors (Lipinski definition) is 2. The topological polar surface area (TPSA) is 41.1 Å². The molecule has 2 unspecified atom stereocenters. The van der Waals surface area contributed by atoms with Crippen LogP contribution in [0.2, 0.25) is 0 Å². The minimum absolute atomic E-state index is 0. The molecule has 7 heteroatoms. The first-order chi connectivity index (χ1) is 10.5. The SMILES string of the molecule is CC(CC(=O)Nc1cccc(SC(F)F)c1)C1CCCNC1.Cl. The summed E-state index contributed by atoms with van der Waals surface area (Å²) in [4.78, 5) is 12.6. The standard InChI is InChI=1S/C16H22F2N2OS.ClH/c1-11(12-4-3-7-19-10-12)8-15(21)20-13-5-2-6-14(9-13)22-16(17)18;/h2,5-6,9,11-12,16,19H,3-4,7-8,10H2,1H3,(H,20,21);1H. The number of anilines is 1. The number of carbonyl (C=O) groups excluding carboxylic acids is 1. The van der Waals surface area contributed by atoms with Crippen LogP contribution < -0.4 is 10.6 Å². The molecular weight excluding hydrogens is 342 g/mol. The van der Waals surface area contributed by atoms with Crippen LogP contribution >= 0.6 is 24.2 Å². The monoisotopic (exact) mass is 364 g/mol. The number of nitrogens with one attached hydrogen (secondary N) is 2. The molecule has 1 heterocycles. The number of alkyl halides is 2. The van der Waals surface area contributed by atoms with Gasteiger partial charge in [-0.1, -0.05) is 24.8 Å². The number of rotatable bonds is 6. The van der Waals surface area contributed by atoms with Gasteiger partial charge in [0.15, 0.2) is 0 Å². The Labute approximate surface area is 146 Å². The van der Waals surface area contributed by atoms with Gasteiger partial charge in [-0.2, -0.15) is 8.78 Å². The van der Waals surface area contributed by atoms with E-state index in [1.54, 1.807) is 24.3 Å². The van der Waals surface area contributed by atoms with Gasteiger partial charge in [0.05, 0.1) is 0 Å². The second-order valence-corrected chi connectivity index (χ2v) is 6.81. The van der Waals surface area contributed by atoms with Gasteiger partial charge in [-0.05, 0) is 56.0 Å². The second-order valence-electron chi connectivity index (χ2n) is 5.74. The number of thioether (sulfide) groups is 1. The van der Waals surface area contributed by atoms with E-state index in [4.69, 9.17) is 0 Å². The summed E-state index contributed by atoms with van der Waals surface area (Å²) in [6.07, 6.45) is 2.77. The van der Waals surface area contributed by atoms with Crippen LogP contribution in [0.3, 0.4) is 0 Å². The van der Waals surface area contributed by atoms with Crippen molar-refractivity contribution in [1.82, 2.24) is 5.32 Å². The molecule has 0 aromatic heterocycles. The average Bonchev–Trinajstić information content (AvgIpc) is 2.47. The van der Waals surface area contributed by atoms with E-state index in [-0.39, 0.29) is 18.3 Å². The van der Waals surface area contributed by atoms with E-state index in [0.29, 0.717) is 40.6 Å². The number of benzene rings is 1. The third-order valence-corrected chi connectivity index (χ3v) is 4.69. The minimum atomic E-state index is -2.45. The maximum atomic E-state index is 12.4. The van der Waals surface area contributed by atoms with E-state index in [9.17, 15) is 13.6 Å². The van der Waals surface area contributed by atoms with Gasteiger partial charge in [0.25, 0.3) is 5.76 Å². The van der Waals surface area contributed by atoms with Crippen LogP contribution in [-0.2, 0) is 4.79 Å². The van der Waals surface area contributed by atoms with Crippen LogP contribution in [0.5, 0.6) is 0 Å². The lowest BCUT2D eigenvalue weighted by atomic mass is 9.85. The van der Waals surface area contributed by atoms with Crippen molar-refractivity contribution in [2.75, 3.05) is 18.4 Å². The normalized spacial score (nSPS) is 19.0. The maximum absolute atomic E-state index is 12.4. The van der Waals surface area contributed by atoms with E-state index >= 15 is 0 Å². The van der Waals surface area contributed by atoms with Crippen molar-refractivity contribution in [2.45, 2.75) is 36.8 Å². The Kier molecular flexibility index (Phi) is 8.87. The van der Waals surface area contributed by atoms with Crippen molar-refractivity contribution in [3.63, 3.8) is 0 Å². The van der Waals surface area contributed by atoms with Gasteiger partial charge in [0, 0.05) is 17.0 Å². The molecule has 2 atom stereocenters. The smallest absolute Gasteiger partial charge is 0.288 e. The molecule has 0 aliphatic carbocycles. The van der Waals surface area contributed by atoms with Crippen LogP contribution in [0.1, 0.15) is 26.2 Å². The van der Waals surface area contributed by atoms with Crippen LogP contribution in [0.4, 0.5) is 14.5 Å². The quantitative estimate of drug-likeness (QED) is 0.735. The maximum Gasteiger partial charge on any atom is 0.288 e. The Hall–Kier alpha value is -0.850. The zero-order chi connectivity index (χ0) is 15.9. The van der Waals surface area contributed by atoms with E-state index in [1.165, 1.54) is 0 Å². The van der Waals surface area contributed by atoms with E-state index in [0.717, 1.165) is 25.9 Å². The first kappa shape index (κ1) is 20.2. The third-order valence-electron chi connectivity index (χ3n) is 3.99. The van der Waals surface area contributed by atoms with Crippen molar-refractivity contribution in [2.24, 2.45) is 11.8 Å². The molecule has 1 aliphatic rings. The number of halogens is 3. The van der Waals surface area contributed by atoms with Crippen LogP contribution in [0.25, 0.3) is 0 Å². The zero-order valence-corrected chi connectivity index (χ0v) is 14.7. The number of carbonyl (C=O) groups is 1. The summed E-state index contributed by atoms with van der Waals surface area (Å²) in [5, 5.41) is 6.17. The highest BCUT2D eigenvalue weighted by molar-refractivity contribution is 7.99. The first-order valence-corrected chi connectivity index (χ1v) is 8.48. The van der Waals surface area contributed by atoms with Gasteiger partial charge in [-0.3, -0.25) is 4.79 Å². The zero-order valence-electron chi connectivity index (χ0n) is 13.1. The van der Waals surface area contributed by atoms with Crippen molar-refractivity contribution < 1.29 is 13.6 Å². The number of hydrogen-bond acceptors (Lipinski definition) is 3. The lowest BCUT2D eigenvalue weighted by Gasteiger charge is -2.28. The van der Waals surface area contributed by atoms with Gasteiger partial charge in [0.2, 0.25) is 5.91 Å². The minimum Gasteiger partial charge on any atom is -0.326 e. The summed E-state index contributed by atoms with van der Waals surface area (Å²) >= 11 is 0.483. The molecule has 3 nitrogen and oxygen atoms in total. The van der Waals surface area contributed by atoms with Crippen molar-refractivity contribution in [3.05, 3.63) is 24.3 Å². The van der Waals surface area contributed by atoms with Gasteiger partial charge in [-0.15, -0.1) is 12.4 Å². The van der Waals surface area contributed by atoms with Crippen molar-refractivity contribution >= 4 is 35.8 Å². The average molecular weight is 365 g/mol. The molecule has 1 amide bonds. The molecule has 130 valence electrons. The van der Waals surface area contributed by atoms with E-state index < -0.39 is 5.76 Å². The van der Waals surface area contributed by atoms with Crippen LogP contribution in [-0.4, -0.2) is 24.8 Å². The fourth-order valence-electron chi connectivity index (χ4n) is 2.79. The van der Waals surface area contributed by atoms with Crippen LogP contribution in [0.15, 0.2) is 29.2 Å². The highest BCUT2D eigenvalue weighted by Gasteiger charge is 2.22. The van der Waals surface area contributed by atoms with Gasteiger partial charge in [-0.25, -0.2) is 0 Å². The highest BCUT2D eigenvalue weighted by Crippen LogP contribution is 2.28. The molecule has 1 aromatic carbocycles. The molecule has 1 saturated heterocycles. The largest absolute Gasteiger partial charge is 0.326 e. The summed E-state index contributed by atoms with van der Waals surface area (Å²) in [7, 11) is 0. The second kappa shape index (κ2) is 10.1.